The van der Waals surface area contributed by atoms with Crippen LogP contribution in [0.3, 0.4) is 0 Å². The van der Waals surface area contributed by atoms with Gasteiger partial charge in [0, 0.05) is 25.2 Å². The predicted molar refractivity (Wildman–Crippen MR) is 83.0 cm³/mol. The van der Waals surface area contributed by atoms with Crippen molar-refractivity contribution in [2.24, 2.45) is 5.41 Å². The average Bonchev–Trinajstić information content (AvgIpc) is 2.36. The zero-order valence-corrected chi connectivity index (χ0v) is 12.3. The van der Waals surface area contributed by atoms with E-state index in [1.165, 1.54) is 18.4 Å². The summed E-state index contributed by atoms with van der Waals surface area (Å²) in [5.41, 5.74) is 10.6. The third kappa shape index (κ3) is 2.47. The molecule has 1 amide bonds. The normalized spacial score (nSPS) is 21.3. The molecule has 2 aliphatic rings. The first-order valence-corrected chi connectivity index (χ1v) is 7.42. The fraction of sp³-hybridized carbons (Fsp3) is 0.562. The fourth-order valence-electron chi connectivity index (χ4n) is 3.34. The summed E-state index contributed by atoms with van der Waals surface area (Å²) in [6.07, 6.45) is 3.86. The van der Waals surface area contributed by atoms with E-state index in [2.05, 4.69) is 30.1 Å². The molecule has 0 radical (unpaired) electrons. The monoisotopic (exact) mass is 273 g/mol. The van der Waals surface area contributed by atoms with Gasteiger partial charge in [0.15, 0.2) is 0 Å². The number of nitrogens with two attached hydrogens (primary N) is 1. The molecule has 3 rings (SSSR count). The van der Waals surface area contributed by atoms with Crippen molar-refractivity contribution >= 4 is 23.0 Å². The summed E-state index contributed by atoms with van der Waals surface area (Å²) < 4.78 is 0. The van der Waals surface area contributed by atoms with E-state index in [1.807, 2.05) is 6.07 Å². The second kappa shape index (κ2) is 4.69. The Labute approximate surface area is 120 Å². The largest absolute Gasteiger partial charge is 0.397 e. The van der Waals surface area contributed by atoms with Crippen molar-refractivity contribution in [1.29, 1.82) is 0 Å². The lowest BCUT2D eigenvalue weighted by Crippen LogP contribution is -2.40. The number of hydrogen-bond donors (Lipinski definition) is 2. The quantitative estimate of drug-likeness (QED) is 0.774. The summed E-state index contributed by atoms with van der Waals surface area (Å²) in [6.45, 7) is 6.74. The van der Waals surface area contributed by atoms with Crippen LogP contribution in [0, 0.1) is 5.41 Å². The Bertz CT molecular complexity index is 551. The first kappa shape index (κ1) is 13.3. The van der Waals surface area contributed by atoms with Crippen molar-refractivity contribution in [3.63, 3.8) is 0 Å². The summed E-state index contributed by atoms with van der Waals surface area (Å²) in [4.78, 5) is 13.8. The number of nitrogens with zero attached hydrogens (tertiary/aromatic N) is 1. The van der Waals surface area contributed by atoms with E-state index in [0.717, 1.165) is 36.6 Å². The van der Waals surface area contributed by atoms with Crippen molar-refractivity contribution in [2.75, 3.05) is 29.0 Å². The standard InChI is InChI=1S/C16H23N3O/c1-16(2)6-3-7-19(10-16)14-8-11-4-5-15(20)18-13(11)9-12(14)17/h8-9H,3-7,10,17H2,1-2H3,(H,18,20). The molecule has 3 N–H and O–H groups in total. The lowest BCUT2D eigenvalue weighted by Gasteiger charge is -2.40. The minimum Gasteiger partial charge on any atom is -0.397 e. The minimum atomic E-state index is 0.0868. The van der Waals surface area contributed by atoms with Crippen LogP contribution < -0.4 is 16.0 Å². The molecule has 0 atom stereocenters. The molecule has 4 heteroatoms. The molecular formula is C16H23N3O. The molecule has 0 unspecified atom stereocenters. The Kier molecular flexibility index (Phi) is 3.11. The summed E-state index contributed by atoms with van der Waals surface area (Å²) >= 11 is 0. The Morgan fingerprint density at radius 2 is 2.10 bits per heavy atom. The van der Waals surface area contributed by atoms with Crippen molar-refractivity contribution in [3.05, 3.63) is 17.7 Å². The molecular weight excluding hydrogens is 250 g/mol. The van der Waals surface area contributed by atoms with E-state index in [-0.39, 0.29) is 5.91 Å². The highest BCUT2D eigenvalue weighted by molar-refractivity contribution is 5.95. The Hall–Kier alpha value is -1.71. The number of carbonyl (C=O) groups is 1. The molecule has 0 aromatic heterocycles. The van der Waals surface area contributed by atoms with Gasteiger partial charge in [-0.2, -0.15) is 0 Å². The molecule has 1 aromatic rings. The molecule has 0 spiro atoms. The zero-order chi connectivity index (χ0) is 14.3. The maximum atomic E-state index is 11.4. The smallest absolute Gasteiger partial charge is 0.224 e. The van der Waals surface area contributed by atoms with Crippen LogP contribution in [0.2, 0.25) is 0 Å². The molecule has 1 saturated heterocycles. The van der Waals surface area contributed by atoms with Crippen LogP contribution in [-0.4, -0.2) is 19.0 Å². The van der Waals surface area contributed by atoms with Crippen LogP contribution in [0.1, 0.15) is 38.7 Å². The first-order valence-electron chi connectivity index (χ1n) is 7.42. The summed E-state index contributed by atoms with van der Waals surface area (Å²) in [5, 5.41) is 2.91. The van der Waals surface area contributed by atoms with E-state index in [1.54, 1.807) is 0 Å². The molecule has 1 aromatic carbocycles. The number of hydrogen-bond acceptors (Lipinski definition) is 3. The molecule has 0 aliphatic carbocycles. The molecule has 0 bridgehead atoms. The van der Waals surface area contributed by atoms with E-state index in [0.29, 0.717) is 11.8 Å². The van der Waals surface area contributed by atoms with Crippen LogP contribution >= 0.6 is 0 Å². The molecule has 4 nitrogen and oxygen atoms in total. The van der Waals surface area contributed by atoms with E-state index < -0.39 is 0 Å². The maximum absolute atomic E-state index is 11.4. The van der Waals surface area contributed by atoms with Crippen molar-refractivity contribution in [2.45, 2.75) is 39.5 Å². The summed E-state index contributed by atoms with van der Waals surface area (Å²) in [7, 11) is 0. The minimum absolute atomic E-state index is 0.0868. The van der Waals surface area contributed by atoms with Crippen LogP contribution in [0.5, 0.6) is 0 Å². The van der Waals surface area contributed by atoms with Gasteiger partial charge < -0.3 is 16.0 Å². The van der Waals surface area contributed by atoms with Gasteiger partial charge in [-0.1, -0.05) is 13.8 Å². The summed E-state index contributed by atoms with van der Waals surface area (Å²) in [6, 6.07) is 4.09. The molecule has 108 valence electrons. The highest BCUT2D eigenvalue weighted by Crippen LogP contribution is 2.37. The van der Waals surface area contributed by atoms with E-state index >= 15 is 0 Å². The summed E-state index contributed by atoms with van der Waals surface area (Å²) in [5.74, 6) is 0.0868. The average molecular weight is 273 g/mol. The third-order valence-corrected chi connectivity index (χ3v) is 4.39. The van der Waals surface area contributed by atoms with Gasteiger partial charge in [-0.15, -0.1) is 0 Å². The molecule has 2 aliphatic heterocycles. The van der Waals surface area contributed by atoms with Gasteiger partial charge in [0.25, 0.3) is 0 Å². The lowest BCUT2D eigenvalue weighted by atomic mass is 9.84. The highest BCUT2D eigenvalue weighted by atomic mass is 16.1. The van der Waals surface area contributed by atoms with E-state index in [9.17, 15) is 4.79 Å². The van der Waals surface area contributed by atoms with Gasteiger partial charge in [-0.05, 0) is 42.4 Å². The number of amides is 1. The highest BCUT2D eigenvalue weighted by Gasteiger charge is 2.28. The second-order valence-corrected chi connectivity index (χ2v) is 6.81. The Balaban J connectivity index is 1.92. The molecule has 0 saturated carbocycles. The first-order chi connectivity index (χ1) is 9.44. The topological polar surface area (TPSA) is 58.4 Å². The Morgan fingerprint density at radius 3 is 2.85 bits per heavy atom. The van der Waals surface area contributed by atoms with Crippen LogP contribution in [0.15, 0.2) is 12.1 Å². The van der Waals surface area contributed by atoms with Gasteiger partial charge in [-0.25, -0.2) is 0 Å². The van der Waals surface area contributed by atoms with Crippen LogP contribution in [0.4, 0.5) is 17.1 Å². The van der Waals surface area contributed by atoms with Gasteiger partial charge in [0.1, 0.15) is 0 Å². The number of rotatable bonds is 1. The molecule has 20 heavy (non-hydrogen) atoms. The number of anilines is 3. The van der Waals surface area contributed by atoms with Gasteiger partial charge >= 0.3 is 0 Å². The predicted octanol–water partition coefficient (Wildman–Crippen LogP) is 2.78. The molecule has 2 heterocycles. The van der Waals surface area contributed by atoms with Crippen molar-refractivity contribution in [3.8, 4) is 0 Å². The number of nitrogen functional groups attached to an aromatic ring is 1. The second-order valence-electron chi connectivity index (χ2n) is 6.81. The molecule has 1 fully saturated rings. The number of aryl methyl sites for hydroxylation is 1. The van der Waals surface area contributed by atoms with E-state index in [4.69, 9.17) is 5.73 Å². The van der Waals surface area contributed by atoms with Gasteiger partial charge in [0.05, 0.1) is 11.4 Å². The van der Waals surface area contributed by atoms with Crippen molar-refractivity contribution in [1.82, 2.24) is 0 Å². The third-order valence-electron chi connectivity index (χ3n) is 4.39. The number of nitrogens with one attached hydrogen (secondary N) is 1. The maximum Gasteiger partial charge on any atom is 0.224 e. The van der Waals surface area contributed by atoms with Crippen LogP contribution in [0.25, 0.3) is 0 Å². The zero-order valence-electron chi connectivity index (χ0n) is 12.3. The van der Waals surface area contributed by atoms with Gasteiger partial charge in [-0.3, -0.25) is 4.79 Å². The van der Waals surface area contributed by atoms with Crippen LogP contribution in [-0.2, 0) is 11.2 Å². The van der Waals surface area contributed by atoms with Crippen molar-refractivity contribution < 1.29 is 4.79 Å². The number of benzene rings is 1. The number of piperidine rings is 1. The Morgan fingerprint density at radius 1 is 1.30 bits per heavy atom. The fourth-order valence-corrected chi connectivity index (χ4v) is 3.34. The number of fused-ring (bicyclic) bond motifs is 1. The number of carbonyl (C=O) groups excluding carboxylic acids is 1. The van der Waals surface area contributed by atoms with Gasteiger partial charge in [0.2, 0.25) is 5.91 Å². The lowest BCUT2D eigenvalue weighted by molar-refractivity contribution is -0.116. The SMILES string of the molecule is CC1(C)CCCN(c2cc3c(cc2N)NC(=O)CC3)C1.